The average Bonchev–Trinajstić information content (AvgIpc) is 3.46. The number of thioether (sulfide) groups is 1. The standard InChI is InChI=1S/C35H25N4O4S/c40-32-22-44-35(26-14-20-29(21-15-26)39(42)43)37(32)27-16-10-23(11-17-27)24-12-18-28(19-13-24)38-33(25-6-2-1-3-7-25)36-31-9-5-4-8-30(31)34(38)41/h1-21,35,42H,22H2/q-1. The van der Waals surface area contributed by atoms with Gasteiger partial charge in [0, 0.05) is 11.3 Å². The van der Waals surface area contributed by atoms with Crippen molar-refractivity contribution < 1.29 is 10.0 Å². The monoisotopic (exact) mass is 597 g/mol. The molecule has 9 heteroatoms. The van der Waals surface area contributed by atoms with Crippen LogP contribution in [0.15, 0.2) is 132 Å². The highest BCUT2D eigenvalue weighted by atomic mass is 32.2. The molecular weight excluding hydrogens is 572 g/mol. The van der Waals surface area contributed by atoms with E-state index < -0.39 is 0 Å². The maximum absolute atomic E-state index is 13.7. The molecule has 44 heavy (non-hydrogen) atoms. The van der Waals surface area contributed by atoms with Gasteiger partial charge in [0.2, 0.25) is 5.91 Å². The van der Waals surface area contributed by atoms with E-state index in [9.17, 15) is 14.8 Å². The van der Waals surface area contributed by atoms with Gasteiger partial charge >= 0.3 is 0 Å². The zero-order valence-corrected chi connectivity index (χ0v) is 24.1. The number of carbonyl (C=O) groups is 1. The first kappa shape index (κ1) is 27.6. The maximum atomic E-state index is 13.7. The third-order valence-electron chi connectivity index (χ3n) is 7.68. The number of hydrogen-bond acceptors (Lipinski definition) is 7. The summed E-state index contributed by atoms with van der Waals surface area (Å²) in [5.41, 5.74) is 5.76. The number of nitrogens with zero attached hydrogens (tertiary/aromatic N) is 4. The predicted octanol–water partition coefficient (Wildman–Crippen LogP) is 7.19. The first-order chi connectivity index (χ1) is 21.5. The van der Waals surface area contributed by atoms with Crippen molar-refractivity contribution in [2.75, 3.05) is 15.9 Å². The van der Waals surface area contributed by atoms with Crippen LogP contribution in [-0.2, 0) is 4.79 Å². The summed E-state index contributed by atoms with van der Waals surface area (Å²) in [5, 5.41) is 20.4. The van der Waals surface area contributed by atoms with Crippen molar-refractivity contribution in [3.05, 3.63) is 149 Å². The van der Waals surface area contributed by atoms with Gasteiger partial charge in [0.15, 0.2) is 0 Å². The Morgan fingerprint density at radius 1 is 0.727 bits per heavy atom. The van der Waals surface area contributed by atoms with Gasteiger partial charge < -0.3 is 10.4 Å². The minimum absolute atomic E-state index is 0.00237. The SMILES string of the molecule is O=C1CSC(c2ccc(N([O-])O)cc2)N1c1ccc(-c2ccc(-n3c(-c4ccccc4)nc4ccccc4c3=O)cc2)cc1. The van der Waals surface area contributed by atoms with Crippen LogP contribution in [0.2, 0.25) is 0 Å². The Kier molecular flexibility index (Phi) is 7.19. The van der Waals surface area contributed by atoms with Crippen LogP contribution < -0.4 is 15.7 Å². The van der Waals surface area contributed by atoms with Crippen LogP contribution in [0.4, 0.5) is 11.4 Å². The Hall–Kier alpha value is -5.22. The third-order valence-corrected chi connectivity index (χ3v) is 8.89. The highest BCUT2D eigenvalue weighted by molar-refractivity contribution is 8.00. The van der Waals surface area contributed by atoms with Crippen LogP contribution in [0, 0.1) is 5.21 Å². The Bertz CT molecular complexity index is 2030. The second-order valence-electron chi connectivity index (χ2n) is 10.3. The topological polar surface area (TPSA) is 102 Å². The molecule has 1 unspecified atom stereocenters. The fraction of sp³-hybridized carbons (Fsp3) is 0.0571. The van der Waals surface area contributed by atoms with E-state index in [0.29, 0.717) is 28.2 Å². The highest BCUT2D eigenvalue weighted by Crippen LogP contribution is 2.42. The summed E-state index contributed by atoms with van der Waals surface area (Å²) in [6, 6.07) is 39.2. The molecule has 1 N–H and O–H groups in total. The zero-order chi connectivity index (χ0) is 30.2. The van der Waals surface area contributed by atoms with Gasteiger partial charge in [-0.2, -0.15) is 0 Å². The van der Waals surface area contributed by atoms with Gasteiger partial charge in [-0.1, -0.05) is 78.9 Å². The predicted molar refractivity (Wildman–Crippen MR) is 175 cm³/mol. The largest absolute Gasteiger partial charge is 0.733 e. The summed E-state index contributed by atoms with van der Waals surface area (Å²) < 4.78 is 1.66. The quantitative estimate of drug-likeness (QED) is 0.203. The number of amides is 1. The normalized spacial score (nSPS) is 14.7. The lowest BCUT2D eigenvalue weighted by atomic mass is 10.0. The molecule has 0 aliphatic carbocycles. The van der Waals surface area contributed by atoms with Gasteiger partial charge in [0.05, 0.1) is 28.0 Å². The number of fused-ring (bicyclic) bond motifs is 1. The molecule has 0 bridgehead atoms. The Morgan fingerprint density at radius 2 is 1.34 bits per heavy atom. The molecule has 1 amide bonds. The van der Waals surface area contributed by atoms with Crippen molar-refractivity contribution in [2.24, 2.45) is 0 Å². The minimum atomic E-state index is -0.242. The molecule has 0 saturated carbocycles. The number of carbonyl (C=O) groups excluding carboxylic acids is 1. The summed E-state index contributed by atoms with van der Waals surface area (Å²) in [6.07, 6.45) is 0. The van der Waals surface area contributed by atoms with Crippen LogP contribution >= 0.6 is 11.8 Å². The lowest BCUT2D eigenvalue weighted by Crippen LogP contribution is -2.27. The first-order valence-electron chi connectivity index (χ1n) is 14.0. The summed E-state index contributed by atoms with van der Waals surface area (Å²) >= 11 is 1.51. The lowest BCUT2D eigenvalue weighted by Gasteiger charge is -2.26. The van der Waals surface area contributed by atoms with Crippen LogP contribution in [0.1, 0.15) is 10.9 Å². The second-order valence-corrected chi connectivity index (χ2v) is 11.4. The third kappa shape index (κ3) is 5.03. The van der Waals surface area contributed by atoms with Crippen LogP contribution in [-0.4, -0.2) is 26.4 Å². The maximum Gasteiger partial charge on any atom is 0.266 e. The molecule has 1 aromatic heterocycles. The van der Waals surface area contributed by atoms with Crippen LogP contribution in [0.3, 0.4) is 0 Å². The Labute approximate surface area is 257 Å². The fourth-order valence-corrected chi connectivity index (χ4v) is 6.66. The van der Waals surface area contributed by atoms with E-state index in [1.165, 1.54) is 23.9 Å². The van der Waals surface area contributed by atoms with Gasteiger partial charge in [0.25, 0.3) is 5.56 Å². The number of para-hydroxylation sites is 1. The molecule has 216 valence electrons. The molecule has 1 fully saturated rings. The molecule has 1 aliphatic rings. The van der Waals surface area contributed by atoms with Gasteiger partial charge in [-0.3, -0.25) is 24.3 Å². The molecule has 0 radical (unpaired) electrons. The van der Waals surface area contributed by atoms with Gasteiger partial charge in [-0.05, 0) is 65.2 Å². The van der Waals surface area contributed by atoms with E-state index in [1.807, 2.05) is 97.1 Å². The van der Waals surface area contributed by atoms with E-state index in [-0.39, 0.29) is 27.8 Å². The molecule has 6 aromatic rings. The van der Waals surface area contributed by atoms with E-state index in [0.717, 1.165) is 27.9 Å². The van der Waals surface area contributed by atoms with E-state index in [2.05, 4.69) is 0 Å². The first-order valence-corrected chi connectivity index (χ1v) is 15.0. The molecule has 5 aromatic carbocycles. The summed E-state index contributed by atoms with van der Waals surface area (Å²) in [7, 11) is 0. The van der Waals surface area contributed by atoms with Crippen molar-refractivity contribution in [1.82, 2.24) is 9.55 Å². The molecule has 7 rings (SSSR count). The van der Waals surface area contributed by atoms with Crippen molar-refractivity contribution in [3.8, 4) is 28.2 Å². The van der Waals surface area contributed by atoms with E-state index in [1.54, 1.807) is 27.7 Å². The molecular formula is C35H25N4O4S-. The summed E-state index contributed by atoms with van der Waals surface area (Å²) in [6.45, 7) is 0. The number of aromatic nitrogens is 2. The molecule has 1 aliphatic heterocycles. The molecule has 1 saturated heterocycles. The van der Waals surface area contributed by atoms with E-state index in [4.69, 9.17) is 10.2 Å². The lowest BCUT2D eigenvalue weighted by molar-refractivity contribution is -0.115. The van der Waals surface area contributed by atoms with Gasteiger partial charge in [0.1, 0.15) is 11.2 Å². The molecule has 1 atom stereocenters. The highest BCUT2D eigenvalue weighted by Gasteiger charge is 2.34. The van der Waals surface area contributed by atoms with Crippen molar-refractivity contribution >= 4 is 39.9 Å². The molecule has 2 heterocycles. The number of hydrogen-bond donors (Lipinski definition) is 1. The zero-order valence-electron chi connectivity index (χ0n) is 23.3. The number of rotatable bonds is 6. The van der Waals surface area contributed by atoms with Crippen molar-refractivity contribution in [3.63, 3.8) is 0 Å². The van der Waals surface area contributed by atoms with Crippen molar-refractivity contribution in [1.29, 1.82) is 0 Å². The number of benzene rings is 5. The Morgan fingerprint density at radius 3 is 2.00 bits per heavy atom. The van der Waals surface area contributed by atoms with Gasteiger partial charge in [-0.25, -0.2) is 4.98 Å². The average molecular weight is 598 g/mol. The van der Waals surface area contributed by atoms with Crippen LogP contribution in [0.5, 0.6) is 0 Å². The number of anilines is 2. The smallest absolute Gasteiger partial charge is 0.266 e. The molecule has 0 spiro atoms. The summed E-state index contributed by atoms with van der Waals surface area (Å²) in [5.74, 6) is 0.917. The molecule has 8 nitrogen and oxygen atoms in total. The van der Waals surface area contributed by atoms with Crippen molar-refractivity contribution in [2.45, 2.75) is 5.37 Å². The Balaban J connectivity index is 1.19. The fourth-order valence-electron chi connectivity index (χ4n) is 5.49. The van der Waals surface area contributed by atoms with E-state index >= 15 is 0 Å². The summed E-state index contributed by atoms with van der Waals surface area (Å²) in [4.78, 5) is 33.2. The van der Waals surface area contributed by atoms with Crippen LogP contribution in [0.25, 0.3) is 39.1 Å². The minimum Gasteiger partial charge on any atom is -0.733 e. The van der Waals surface area contributed by atoms with Gasteiger partial charge in [-0.15, -0.1) is 11.8 Å². The second kappa shape index (κ2) is 11.5.